The van der Waals surface area contributed by atoms with Crippen LogP contribution in [0.15, 0.2) is 29.3 Å². The van der Waals surface area contributed by atoms with Gasteiger partial charge in [-0.05, 0) is 58.0 Å². The first-order valence-electron chi connectivity index (χ1n) is 7.92. The van der Waals surface area contributed by atoms with Gasteiger partial charge in [0.15, 0.2) is 0 Å². The minimum absolute atomic E-state index is 0.250. The highest BCUT2D eigenvalue weighted by molar-refractivity contribution is 5.68. The van der Waals surface area contributed by atoms with Crippen LogP contribution >= 0.6 is 0 Å². The topological polar surface area (TPSA) is 41.9 Å². The van der Waals surface area contributed by atoms with Gasteiger partial charge < -0.3 is 14.6 Å². The van der Waals surface area contributed by atoms with Gasteiger partial charge in [-0.2, -0.15) is 0 Å². The monoisotopic (exact) mass is 320 g/mol. The van der Waals surface area contributed by atoms with E-state index in [1.165, 1.54) is 6.07 Å². The fourth-order valence-electron chi connectivity index (χ4n) is 3.01. The van der Waals surface area contributed by atoms with Gasteiger partial charge in [0.05, 0.1) is 0 Å². The molecule has 2 rings (SSSR count). The van der Waals surface area contributed by atoms with Crippen LogP contribution < -0.4 is 0 Å². The molecule has 1 amide bonds. The summed E-state index contributed by atoms with van der Waals surface area (Å²) >= 11 is 0. The number of hydrogen-bond acceptors (Lipinski definition) is 3. The van der Waals surface area contributed by atoms with Crippen LogP contribution in [-0.2, 0) is 10.2 Å². The van der Waals surface area contributed by atoms with E-state index in [0.29, 0.717) is 32.5 Å². The van der Waals surface area contributed by atoms with Crippen molar-refractivity contribution in [3.63, 3.8) is 0 Å². The lowest BCUT2D eigenvalue weighted by Crippen LogP contribution is -2.48. The largest absolute Gasteiger partial charge is 0.444 e. The van der Waals surface area contributed by atoms with Gasteiger partial charge in [-0.15, -0.1) is 0 Å². The zero-order valence-corrected chi connectivity index (χ0v) is 14.1. The number of likely N-dealkylation sites (tertiary alicyclic amines) is 1. The van der Waals surface area contributed by atoms with Crippen LogP contribution in [0.25, 0.3) is 0 Å². The van der Waals surface area contributed by atoms with Crippen molar-refractivity contribution in [1.29, 1.82) is 0 Å². The van der Waals surface area contributed by atoms with Crippen LogP contribution in [0.3, 0.4) is 0 Å². The highest BCUT2D eigenvalue weighted by Crippen LogP contribution is 2.36. The summed E-state index contributed by atoms with van der Waals surface area (Å²) in [7, 11) is 0. The third-order valence-electron chi connectivity index (χ3n) is 4.22. The van der Waals surface area contributed by atoms with Crippen molar-refractivity contribution in [3.05, 3.63) is 35.6 Å². The molecule has 0 aromatic heterocycles. The molecule has 1 fully saturated rings. The van der Waals surface area contributed by atoms with Crippen LogP contribution in [-0.4, -0.2) is 42.9 Å². The van der Waals surface area contributed by atoms with Gasteiger partial charge in [-0.1, -0.05) is 12.1 Å². The Labute approximate surface area is 137 Å². The maximum atomic E-state index is 13.6. The molecule has 1 saturated heterocycles. The summed E-state index contributed by atoms with van der Waals surface area (Å²) in [4.78, 5) is 18.0. The van der Waals surface area contributed by atoms with Crippen LogP contribution in [0.5, 0.6) is 0 Å². The zero-order valence-electron chi connectivity index (χ0n) is 14.1. The summed E-state index contributed by atoms with van der Waals surface area (Å²) in [5.41, 5.74) is 0.160. The number of nitrogens with zero attached hydrogens (tertiary/aromatic N) is 2. The second-order valence-corrected chi connectivity index (χ2v) is 7.14. The number of rotatable bonds is 3. The second-order valence-electron chi connectivity index (χ2n) is 7.14. The third kappa shape index (κ3) is 4.30. The Hall–Kier alpha value is -1.91. The van der Waals surface area contributed by atoms with Crippen molar-refractivity contribution in [2.45, 2.75) is 44.6 Å². The van der Waals surface area contributed by atoms with Crippen molar-refractivity contribution >= 4 is 12.8 Å². The fraction of sp³-hybridized carbons (Fsp3) is 0.556. The Kier molecular flexibility index (Phi) is 5.07. The average molecular weight is 320 g/mol. The third-order valence-corrected chi connectivity index (χ3v) is 4.22. The normalized spacial score (nSPS) is 17.7. The minimum Gasteiger partial charge on any atom is -0.444 e. The first-order chi connectivity index (χ1) is 10.8. The number of piperidine rings is 1. The van der Waals surface area contributed by atoms with Crippen LogP contribution in [0.4, 0.5) is 9.18 Å². The second kappa shape index (κ2) is 6.69. The van der Waals surface area contributed by atoms with E-state index in [2.05, 4.69) is 11.7 Å². The summed E-state index contributed by atoms with van der Waals surface area (Å²) < 4.78 is 19.0. The Balaban J connectivity index is 2.12. The molecule has 0 radical (unpaired) electrons. The van der Waals surface area contributed by atoms with E-state index >= 15 is 0 Å². The average Bonchev–Trinajstić information content (AvgIpc) is 2.46. The number of hydrogen-bond donors (Lipinski definition) is 0. The van der Waals surface area contributed by atoms with Gasteiger partial charge in [0.25, 0.3) is 0 Å². The van der Waals surface area contributed by atoms with E-state index in [1.54, 1.807) is 17.0 Å². The summed E-state index contributed by atoms with van der Waals surface area (Å²) in [6.07, 6.45) is 1.14. The summed E-state index contributed by atoms with van der Waals surface area (Å²) in [5.74, 6) is -0.250. The van der Waals surface area contributed by atoms with Crippen LogP contribution in [0.2, 0.25) is 0 Å². The van der Waals surface area contributed by atoms with Crippen LogP contribution in [0.1, 0.15) is 39.2 Å². The lowest BCUT2D eigenvalue weighted by Gasteiger charge is -2.41. The molecule has 1 aromatic carbocycles. The Bertz CT molecular complexity index is 573. The molecule has 0 aliphatic carbocycles. The highest BCUT2D eigenvalue weighted by atomic mass is 19.1. The number of benzene rings is 1. The van der Waals surface area contributed by atoms with Crippen molar-refractivity contribution in [1.82, 2.24) is 4.90 Å². The van der Waals surface area contributed by atoms with Gasteiger partial charge in [-0.25, -0.2) is 9.18 Å². The van der Waals surface area contributed by atoms with E-state index in [9.17, 15) is 9.18 Å². The Morgan fingerprint density at radius 1 is 1.39 bits per heavy atom. The maximum absolute atomic E-state index is 13.6. The molecule has 1 aromatic rings. The standard InChI is InChI=1S/C18H25FN2O2/c1-17(2,3)23-16(22)21-10-8-18(9-11-21,13-20-4)14-6-5-7-15(19)12-14/h5-7,12H,4,8-11,13H2,1-3H3. The molecule has 0 bridgehead atoms. The van der Waals surface area contributed by atoms with Gasteiger partial charge in [0.2, 0.25) is 0 Å². The van der Waals surface area contributed by atoms with E-state index in [-0.39, 0.29) is 17.3 Å². The molecule has 23 heavy (non-hydrogen) atoms. The predicted octanol–water partition coefficient (Wildman–Crippen LogP) is 3.80. The van der Waals surface area contributed by atoms with E-state index < -0.39 is 5.60 Å². The molecular weight excluding hydrogens is 295 g/mol. The molecule has 1 aliphatic heterocycles. The Morgan fingerprint density at radius 2 is 2.04 bits per heavy atom. The van der Waals surface area contributed by atoms with Gasteiger partial charge >= 0.3 is 6.09 Å². The first-order valence-corrected chi connectivity index (χ1v) is 7.92. The molecule has 126 valence electrons. The van der Waals surface area contributed by atoms with Crippen molar-refractivity contribution in [3.8, 4) is 0 Å². The molecular formula is C18H25FN2O2. The molecule has 1 heterocycles. The number of amides is 1. The molecule has 5 heteroatoms. The summed E-state index contributed by atoms with van der Waals surface area (Å²) in [5, 5.41) is 0. The Morgan fingerprint density at radius 3 is 2.57 bits per heavy atom. The smallest absolute Gasteiger partial charge is 0.410 e. The lowest BCUT2D eigenvalue weighted by molar-refractivity contribution is 0.0167. The molecule has 1 aliphatic rings. The van der Waals surface area contributed by atoms with E-state index in [4.69, 9.17) is 4.74 Å². The van der Waals surface area contributed by atoms with Crippen molar-refractivity contribution in [2.24, 2.45) is 4.99 Å². The minimum atomic E-state index is -0.503. The van der Waals surface area contributed by atoms with Gasteiger partial charge in [-0.3, -0.25) is 0 Å². The SMILES string of the molecule is C=NCC1(c2cccc(F)c2)CCN(C(=O)OC(C)(C)C)CC1. The van der Waals surface area contributed by atoms with Gasteiger partial charge in [0, 0.05) is 25.0 Å². The van der Waals surface area contributed by atoms with Crippen LogP contribution in [0, 0.1) is 5.82 Å². The number of halogens is 1. The van der Waals surface area contributed by atoms with E-state index in [0.717, 1.165) is 5.56 Å². The summed E-state index contributed by atoms with van der Waals surface area (Å²) in [6.45, 7) is 10.8. The molecule has 0 N–H and O–H groups in total. The highest BCUT2D eigenvalue weighted by Gasteiger charge is 2.38. The van der Waals surface area contributed by atoms with Gasteiger partial charge in [0.1, 0.15) is 11.4 Å². The first kappa shape index (κ1) is 17.4. The zero-order chi connectivity index (χ0) is 17.1. The maximum Gasteiger partial charge on any atom is 0.410 e. The van der Waals surface area contributed by atoms with Crippen molar-refractivity contribution < 1.29 is 13.9 Å². The lowest BCUT2D eigenvalue weighted by atomic mass is 9.73. The van der Waals surface area contributed by atoms with Crippen molar-refractivity contribution in [2.75, 3.05) is 19.6 Å². The molecule has 0 unspecified atom stereocenters. The fourth-order valence-corrected chi connectivity index (χ4v) is 3.01. The summed E-state index contributed by atoms with van der Waals surface area (Å²) in [6, 6.07) is 6.65. The number of ether oxygens (including phenoxy) is 1. The predicted molar refractivity (Wildman–Crippen MR) is 89.5 cm³/mol. The molecule has 0 saturated carbocycles. The number of aliphatic imine (C=N–C) groups is 1. The van der Waals surface area contributed by atoms with E-state index in [1.807, 2.05) is 26.8 Å². The number of carbonyl (C=O) groups is 1. The molecule has 0 spiro atoms. The quantitative estimate of drug-likeness (QED) is 0.795. The molecule has 4 nitrogen and oxygen atoms in total. The molecule has 0 atom stereocenters. The number of carbonyl (C=O) groups excluding carboxylic acids is 1.